The summed E-state index contributed by atoms with van der Waals surface area (Å²) in [5.41, 5.74) is 2.02. The Labute approximate surface area is 165 Å². The second-order valence-corrected chi connectivity index (χ2v) is 7.88. The Morgan fingerprint density at radius 2 is 2.11 bits per heavy atom. The smallest absolute Gasteiger partial charge is 0.262 e. The predicted octanol–water partition coefficient (Wildman–Crippen LogP) is 5.19. The van der Waals surface area contributed by atoms with Crippen LogP contribution in [0.2, 0.25) is 5.02 Å². The van der Waals surface area contributed by atoms with E-state index in [0.717, 1.165) is 27.2 Å². The number of nitrogens with one attached hydrogen (secondary N) is 1. The first-order valence-corrected chi connectivity index (χ1v) is 9.76. The highest BCUT2D eigenvalue weighted by Crippen LogP contribution is 2.29. The fourth-order valence-corrected chi connectivity index (χ4v) is 4.16. The number of hydrogen-bond donors (Lipinski definition) is 1. The topological polar surface area (TPSA) is 60.1 Å². The molecule has 1 aromatic carbocycles. The van der Waals surface area contributed by atoms with E-state index in [-0.39, 0.29) is 11.9 Å². The lowest BCUT2D eigenvalue weighted by molar-refractivity contribution is 0.0939. The van der Waals surface area contributed by atoms with Crippen molar-refractivity contribution in [3.05, 3.63) is 75.6 Å². The minimum Gasteiger partial charge on any atom is -0.467 e. The van der Waals surface area contributed by atoms with E-state index in [1.54, 1.807) is 6.26 Å². The largest absolute Gasteiger partial charge is 0.467 e. The SMILES string of the molecule is Cc1nn(Cc2ccc(Cl)cc2)c2sc(C(=O)N[C@@H](C)c3ccco3)cc12. The number of hydrogen-bond acceptors (Lipinski definition) is 4. The van der Waals surface area contributed by atoms with Crippen LogP contribution in [0.4, 0.5) is 0 Å². The highest BCUT2D eigenvalue weighted by Gasteiger charge is 2.19. The highest BCUT2D eigenvalue weighted by molar-refractivity contribution is 7.20. The van der Waals surface area contributed by atoms with E-state index in [9.17, 15) is 4.79 Å². The zero-order valence-corrected chi connectivity index (χ0v) is 16.5. The zero-order chi connectivity index (χ0) is 19.0. The Balaban J connectivity index is 1.58. The number of benzene rings is 1. The van der Waals surface area contributed by atoms with Gasteiger partial charge in [0.05, 0.1) is 29.4 Å². The quantitative estimate of drug-likeness (QED) is 0.502. The van der Waals surface area contributed by atoms with Gasteiger partial charge in [0.15, 0.2) is 0 Å². The van der Waals surface area contributed by atoms with Crippen molar-refractivity contribution in [1.82, 2.24) is 15.1 Å². The van der Waals surface area contributed by atoms with Gasteiger partial charge in [-0.05, 0) is 49.7 Å². The molecular formula is C20H18ClN3O2S. The number of aryl methyl sites for hydroxylation is 1. The molecule has 0 spiro atoms. The number of halogens is 1. The fourth-order valence-electron chi connectivity index (χ4n) is 2.97. The highest BCUT2D eigenvalue weighted by atomic mass is 35.5. The summed E-state index contributed by atoms with van der Waals surface area (Å²) in [5, 5.41) is 9.31. The number of rotatable bonds is 5. The summed E-state index contributed by atoms with van der Waals surface area (Å²) in [6.45, 7) is 4.49. The Morgan fingerprint density at radius 1 is 1.33 bits per heavy atom. The van der Waals surface area contributed by atoms with Crippen LogP contribution in [0.25, 0.3) is 10.2 Å². The van der Waals surface area contributed by atoms with Crippen LogP contribution in [0.15, 0.2) is 53.1 Å². The molecule has 27 heavy (non-hydrogen) atoms. The number of amides is 1. The second kappa shape index (κ2) is 7.21. The Kier molecular flexibility index (Phi) is 4.76. The van der Waals surface area contributed by atoms with Gasteiger partial charge in [-0.15, -0.1) is 11.3 Å². The first-order valence-electron chi connectivity index (χ1n) is 8.57. The first-order chi connectivity index (χ1) is 13.0. The maximum absolute atomic E-state index is 12.6. The van der Waals surface area contributed by atoms with Gasteiger partial charge in [-0.1, -0.05) is 23.7 Å². The lowest BCUT2D eigenvalue weighted by Crippen LogP contribution is -2.25. The third-order valence-electron chi connectivity index (χ3n) is 4.39. The second-order valence-electron chi connectivity index (χ2n) is 6.41. The van der Waals surface area contributed by atoms with Crippen molar-refractivity contribution < 1.29 is 9.21 Å². The van der Waals surface area contributed by atoms with Gasteiger partial charge in [-0.2, -0.15) is 5.10 Å². The molecular weight excluding hydrogens is 382 g/mol. The van der Waals surface area contributed by atoms with Crippen molar-refractivity contribution in [3.63, 3.8) is 0 Å². The normalized spacial score (nSPS) is 12.4. The zero-order valence-electron chi connectivity index (χ0n) is 14.9. The monoisotopic (exact) mass is 399 g/mol. The molecule has 1 N–H and O–H groups in total. The van der Waals surface area contributed by atoms with Crippen LogP contribution in [0.3, 0.4) is 0 Å². The summed E-state index contributed by atoms with van der Waals surface area (Å²) in [6, 6.07) is 13.1. The van der Waals surface area contributed by atoms with E-state index in [1.807, 2.05) is 61.0 Å². The number of carbonyl (C=O) groups is 1. The van der Waals surface area contributed by atoms with Crippen LogP contribution >= 0.6 is 22.9 Å². The van der Waals surface area contributed by atoms with E-state index >= 15 is 0 Å². The molecule has 0 saturated heterocycles. The van der Waals surface area contributed by atoms with E-state index in [1.165, 1.54) is 11.3 Å². The summed E-state index contributed by atoms with van der Waals surface area (Å²) >= 11 is 7.41. The van der Waals surface area contributed by atoms with Crippen LogP contribution in [-0.2, 0) is 6.54 Å². The van der Waals surface area contributed by atoms with Gasteiger partial charge in [0, 0.05) is 10.4 Å². The average Bonchev–Trinajstić information content (AvgIpc) is 3.37. The van der Waals surface area contributed by atoms with Crippen molar-refractivity contribution in [2.24, 2.45) is 0 Å². The van der Waals surface area contributed by atoms with Crippen molar-refractivity contribution in [3.8, 4) is 0 Å². The maximum atomic E-state index is 12.6. The molecule has 4 aromatic rings. The fraction of sp³-hybridized carbons (Fsp3) is 0.200. The van der Waals surface area contributed by atoms with Crippen LogP contribution in [-0.4, -0.2) is 15.7 Å². The number of thiophene rings is 1. The van der Waals surface area contributed by atoms with Gasteiger partial charge in [-0.25, -0.2) is 0 Å². The number of furan rings is 1. The van der Waals surface area contributed by atoms with Gasteiger partial charge in [-0.3, -0.25) is 9.48 Å². The van der Waals surface area contributed by atoms with Gasteiger partial charge < -0.3 is 9.73 Å². The molecule has 0 saturated carbocycles. The average molecular weight is 400 g/mol. The standard InChI is InChI=1S/C20H18ClN3O2S/c1-12-16-10-18(19(25)22-13(2)17-4-3-9-26-17)27-20(16)24(23-12)11-14-5-7-15(21)8-6-14/h3-10,13H,11H2,1-2H3,(H,22,25)/t13-/m0/s1. The molecule has 0 unspecified atom stereocenters. The summed E-state index contributed by atoms with van der Waals surface area (Å²) in [6.07, 6.45) is 1.60. The molecule has 0 bridgehead atoms. The molecule has 1 amide bonds. The van der Waals surface area contributed by atoms with E-state index in [0.29, 0.717) is 16.4 Å². The molecule has 7 heteroatoms. The number of nitrogens with zero attached hydrogens (tertiary/aromatic N) is 2. The summed E-state index contributed by atoms with van der Waals surface area (Å²) in [4.78, 5) is 14.3. The first kappa shape index (κ1) is 17.8. The van der Waals surface area contributed by atoms with Gasteiger partial charge in [0.1, 0.15) is 10.6 Å². The molecule has 3 heterocycles. The molecule has 0 fully saturated rings. The molecule has 0 aliphatic heterocycles. The lowest BCUT2D eigenvalue weighted by atomic mass is 10.2. The Hall–Kier alpha value is -2.57. The summed E-state index contributed by atoms with van der Waals surface area (Å²) in [5.74, 6) is 0.618. The predicted molar refractivity (Wildman–Crippen MR) is 107 cm³/mol. The number of carbonyl (C=O) groups excluding carboxylic acids is 1. The van der Waals surface area contributed by atoms with Crippen molar-refractivity contribution in [2.45, 2.75) is 26.4 Å². The van der Waals surface area contributed by atoms with Crippen molar-refractivity contribution >= 4 is 39.1 Å². The molecule has 0 radical (unpaired) electrons. The number of fused-ring (bicyclic) bond motifs is 1. The van der Waals surface area contributed by atoms with E-state index < -0.39 is 0 Å². The Bertz CT molecular complexity index is 1080. The van der Waals surface area contributed by atoms with Crippen LogP contribution in [0.5, 0.6) is 0 Å². The summed E-state index contributed by atoms with van der Waals surface area (Å²) < 4.78 is 7.29. The van der Waals surface area contributed by atoms with Crippen molar-refractivity contribution in [2.75, 3.05) is 0 Å². The third kappa shape index (κ3) is 3.63. The molecule has 1 atom stereocenters. The van der Waals surface area contributed by atoms with Gasteiger partial charge in [0.25, 0.3) is 5.91 Å². The van der Waals surface area contributed by atoms with Crippen LogP contribution in [0, 0.1) is 6.92 Å². The van der Waals surface area contributed by atoms with E-state index in [2.05, 4.69) is 10.4 Å². The van der Waals surface area contributed by atoms with Crippen LogP contribution < -0.4 is 5.32 Å². The third-order valence-corrected chi connectivity index (χ3v) is 5.79. The van der Waals surface area contributed by atoms with Gasteiger partial charge in [0.2, 0.25) is 0 Å². The minimum absolute atomic E-state index is 0.113. The Morgan fingerprint density at radius 3 is 2.81 bits per heavy atom. The lowest BCUT2D eigenvalue weighted by Gasteiger charge is -2.10. The van der Waals surface area contributed by atoms with E-state index in [4.69, 9.17) is 16.0 Å². The molecule has 4 rings (SSSR count). The van der Waals surface area contributed by atoms with Crippen LogP contribution in [0.1, 0.15) is 39.7 Å². The van der Waals surface area contributed by atoms with Crippen molar-refractivity contribution in [1.29, 1.82) is 0 Å². The molecule has 138 valence electrons. The molecule has 0 aliphatic carbocycles. The molecule has 5 nitrogen and oxygen atoms in total. The minimum atomic E-state index is -0.190. The number of aromatic nitrogens is 2. The molecule has 0 aliphatic rings. The molecule has 3 aromatic heterocycles. The maximum Gasteiger partial charge on any atom is 0.262 e. The summed E-state index contributed by atoms with van der Waals surface area (Å²) in [7, 11) is 0. The van der Waals surface area contributed by atoms with Gasteiger partial charge >= 0.3 is 0 Å².